The molecule has 2 N–H and O–H groups in total. The summed E-state index contributed by atoms with van der Waals surface area (Å²) in [6.07, 6.45) is -0.271. The van der Waals surface area contributed by atoms with E-state index in [9.17, 15) is 19.5 Å². The summed E-state index contributed by atoms with van der Waals surface area (Å²) in [5.41, 5.74) is 5.08. The fourth-order valence-electron chi connectivity index (χ4n) is 4.44. The first-order valence-corrected chi connectivity index (χ1v) is 12.2. The van der Waals surface area contributed by atoms with E-state index < -0.39 is 24.0 Å². The van der Waals surface area contributed by atoms with Gasteiger partial charge in [-0.2, -0.15) is 0 Å². The van der Waals surface area contributed by atoms with Crippen molar-refractivity contribution in [2.45, 2.75) is 38.8 Å². The third-order valence-electron chi connectivity index (χ3n) is 6.22. The number of benzene rings is 2. The summed E-state index contributed by atoms with van der Waals surface area (Å²) in [5, 5.41) is 12.6. The zero-order chi connectivity index (χ0) is 25.1. The van der Waals surface area contributed by atoms with E-state index in [0.29, 0.717) is 22.0 Å². The van der Waals surface area contributed by atoms with Gasteiger partial charge in [0.25, 0.3) is 5.91 Å². The van der Waals surface area contributed by atoms with Gasteiger partial charge in [0.05, 0.1) is 12.2 Å². The number of thiazole rings is 1. The molecular formula is C26H27N3O5S. The van der Waals surface area contributed by atoms with Crippen LogP contribution in [-0.2, 0) is 16.1 Å². The number of aliphatic carboxylic acids is 1. The minimum absolute atomic E-state index is 0.0317. The molecule has 3 aromatic rings. The maximum Gasteiger partial charge on any atom is 0.407 e. The molecule has 0 aliphatic heterocycles. The molecule has 0 radical (unpaired) electrons. The number of hydrogen-bond donors (Lipinski definition) is 2. The van der Waals surface area contributed by atoms with Crippen LogP contribution in [0.1, 0.15) is 50.8 Å². The number of aromatic nitrogens is 1. The number of likely N-dealkylation sites (N-methyl/N-ethyl adjacent to an activating group) is 1. The number of rotatable bonds is 8. The van der Waals surface area contributed by atoms with Gasteiger partial charge in [0.1, 0.15) is 22.5 Å². The monoisotopic (exact) mass is 493 g/mol. The quantitative estimate of drug-likeness (QED) is 0.481. The van der Waals surface area contributed by atoms with Gasteiger partial charge in [-0.3, -0.25) is 4.79 Å². The number of nitrogens with one attached hydrogen (secondary N) is 1. The van der Waals surface area contributed by atoms with Crippen LogP contribution in [0.25, 0.3) is 11.1 Å². The third-order valence-corrected chi connectivity index (χ3v) is 7.37. The SMILES string of the molecule is CCC(C(=O)O)N(C)C(=O)c1sc(CNC(=O)OCC2c3ccccc3-c3ccccc32)nc1C. The third kappa shape index (κ3) is 4.90. The van der Waals surface area contributed by atoms with Gasteiger partial charge < -0.3 is 20.1 Å². The van der Waals surface area contributed by atoms with E-state index in [1.807, 2.05) is 24.3 Å². The molecule has 4 rings (SSSR count). The van der Waals surface area contributed by atoms with E-state index in [1.54, 1.807) is 13.8 Å². The van der Waals surface area contributed by atoms with Gasteiger partial charge in [0, 0.05) is 13.0 Å². The van der Waals surface area contributed by atoms with Crippen molar-refractivity contribution in [1.82, 2.24) is 15.2 Å². The molecule has 1 aliphatic rings. The summed E-state index contributed by atoms with van der Waals surface area (Å²) in [5.74, 6) is -1.49. The lowest BCUT2D eigenvalue weighted by molar-refractivity contribution is -0.142. The van der Waals surface area contributed by atoms with Crippen LogP contribution in [0.5, 0.6) is 0 Å². The molecule has 0 saturated carbocycles. The van der Waals surface area contributed by atoms with Gasteiger partial charge >= 0.3 is 12.1 Å². The van der Waals surface area contributed by atoms with E-state index in [4.69, 9.17) is 4.74 Å². The van der Waals surface area contributed by atoms with E-state index in [-0.39, 0.29) is 19.1 Å². The molecule has 182 valence electrons. The number of nitrogens with zero attached hydrogens (tertiary/aromatic N) is 2. The van der Waals surface area contributed by atoms with Crippen molar-refractivity contribution in [3.8, 4) is 11.1 Å². The van der Waals surface area contributed by atoms with Crippen molar-refractivity contribution < 1.29 is 24.2 Å². The van der Waals surface area contributed by atoms with Crippen molar-refractivity contribution in [1.29, 1.82) is 0 Å². The van der Waals surface area contributed by atoms with Crippen LogP contribution in [0.2, 0.25) is 0 Å². The average molecular weight is 494 g/mol. The lowest BCUT2D eigenvalue weighted by Crippen LogP contribution is -2.41. The molecule has 1 atom stereocenters. The highest BCUT2D eigenvalue weighted by Crippen LogP contribution is 2.44. The maximum absolute atomic E-state index is 12.8. The minimum Gasteiger partial charge on any atom is -0.480 e. The Morgan fingerprint density at radius 2 is 1.71 bits per heavy atom. The number of carbonyl (C=O) groups is 3. The average Bonchev–Trinajstić information content (AvgIpc) is 3.38. The van der Waals surface area contributed by atoms with Crippen molar-refractivity contribution in [3.63, 3.8) is 0 Å². The Morgan fingerprint density at radius 3 is 2.29 bits per heavy atom. The number of hydrogen-bond acceptors (Lipinski definition) is 6. The second kappa shape index (κ2) is 10.3. The van der Waals surface area contributed by atoms with Crippen molar-refractivity contribution >= 4 is 29.3 Å². The molecule has 0 spiro atoms. The first kappa shape index (κ1) is 24.4. The van der Waals surface area contributed by atoms with E-state index >= 15 is 0 Å². The predicted octanol–water partition coefficient (Wildman–Crippen LogP) is 4.43. The Morgan fingerprint density at radius 1 is 1.11 bits per heavy atom. The number of carbonyl (C=O) groups excluding carboxylic acids is 2. The Labute approximate surface area is 207 Å². The molecule has 2 aromatic carbocycles. The van der Waals surface area contributed by atoms with Crippen molar-refractivity contribution in [2.24, 2.45) is 0 Å². The second-order valence-electron chi connectivity index (χ2n) is 8.38. The highest BCUT2D eigenvalue weighted by molar-refractivity contribution is 7.13. The number of amides is 2. The Kier molecular flexibility index (Phi) is 7.16. The minimum atomic E-state index is -1.05. The van der Waals surface area contributed by atoms with Gasteiger partial charge in [-0.15, -0.1) is 11.3 Å². The summed E-state index contributed by atoms with van der Waals surface area (Å²) in [6.45, 7) is 3.72. The molecule has 0 saturated heterocycles. The molecule has 9 heteroatoms. The molecule has 2 amide bonds. The van der Waals surface area contributed by atoms with Gasteiger partial charge in [-0.1, -0.05) is 55.5 Å². The van der Waals surface area contributed by atoms with E-state index in [0.717, 1.165) is 33.6 Å². The van der Waals surface area contributed by atoms with Crippen LogP contribution >= 0.6 is 11.3 Å². The van der Waals surface area contributed by atoms with Gasteiger partial charge in [0.15, 0.2) is 0 Å². The highest BCUT2D eigenvalue weighted by atomic mass is 32.1. The van der Waals surface area contributed by atoms with Crippen LogP contribution in [0.15, 0.2) is 48.5 Å². The summed E-state index contributed by atoms with van der Waals surface area (Å²) >= 11 is 1.14. The molecule has 1 aliphatic carbocycles. The van der Waals surface area contributed by atoms with Crippen LogP contribution < -0.4 is 5.32 Å². The number of alkyl carbamates (subject to hydrolysis) is 1. The van der Waals surface area contributed by atoms with Crippen LogP contribution in [0.3, 0.4) is 0 Å². The molecule has 35 heavy (non-hydrogen) atoms. The highest BCUT2D eigenvalue weighted by Gasteiger charge is 2.30. The van der Waals surface area contributed by atoms with Gasteiger partial charge in [0.2, 0.25) is 0 Å². The van der Waals surface area contributed by atoms with Crippen LogP contribution in [0, 0.1) is 6.92 Å². The fourth-order valence-corrected chi connectivity index (χ4v) is 5.43. The zero-order valence-electron chi connectivity index (χ0n) is 19.8. The van der Waals surface area contributed by atoms with E-state index in [1.165, 1.54) is 11.9 Å². The summed E-state index contributed by atoms with van der Waals surface area (Å²) in [7, 11) is 1.47. The Balaban J connectivity index is 1.36. The normalized spacial score (nSPS) is 13.0. The van der Waals surface area contributed by atoms with Crippen molar-refractivity contribution in [3.05, 3.63) is 75.2 Å². The summed E-state index contributed by atoms with van der Waals surface area (Å²) in [4.78, 5) is 42.6. The lowest BCUT2D eigenvalue weighted by Gasteiger charge is -2.23. The molecule has 0 bridgehead atoms. The second-order valence-corrected chi connectivity index (χ2v) is 9.46. The number of ether oxygens (including phenoxy) is 1. The molecule has 1 unspecified atom stereocenters. The van der Waals surface area contributed by atoms with E-state index in [2.05, 4.69) is 34.6 Å². The molecular weight excluding hydrogens is 466 g/mol. The summed E-state index contributed by atoms with van der Waals surface area (Å²) < 4.78 is 5.54. The smallest absolute Gasteiger partial charge is 0.407 e. The van der Waals surface area contributed by atoms with Gasteiger partial charge in [-0.05, 0) is 35.6 Å². The summed E-state index contributed by atoms with van der Waals surface area (Å²) in [6, 6.07) is 15.3. The Bertz CT molecular complexity index is 1230. The largest absolute Gasteiger partial charge is 0.480 e. The van der Waals surface area contributed by atoms with Crippen molar-refractivity contribution in [2.75, 3.05) is 13.7 Å². The first-order valence-electron chi connectivity index (χ1n) is 11.4. The van der Waals surface area contributed by atoms with Crippen LogP contribution in [0.4, 0.5) is 4.79 Å². The molecule has 1 heterocycles. The fraction of sp³-hybridized carbons (Fsp3) is 0.308. The zero-order valence-corrected chi connectivity index (χ0v) is 20.6. The number of carboxylic acid groups (broad SMARTS) is 1. The predicted molar refractivity (Wildman–Crippen MR) is 133 cm³/mol. The molecule has 8 nitrogen and oxygen atoms in total. The standard InChI is InChI=1S/C26H27N3O5S/c1-4-21(25(31)32)29(3)24(30)23-15(2)28-22(35-23)13-27-26(33)34-14-20-18-11-7-5-9-16(18)17-10-6-8-12-19(17)20/h5-12,20-21H,4,13-14H2,1-3H3,(H,27,33)(H,31,32). The van der Waals surface area contributed by atoms with Crippen LogP contribution in [-0.4, -0.2) is 52.7 Å². The number of fused-ring (bicyclic) bond motifs is 3. The van der Waals surface area contributed by atoms with Gasteiger partial charge in [-0.25, -0.2) is 14.6 Å². The number of aryl methyl sites for hydroxylation is 1. The molecule has 0 fully saturated rings. The Hall–Kier alpha value is -3.72. The lowest BCUT2D eigenvalue weighted by atomic mass is 9.98. The molecule has 1 aromatic heterocycles. The maximum atomic E-state index is 12.8. The number of carboxylic acids is 1. The first-order chi connectivity index (χ1) is 16.8. The topological polar surface area (TPSA) is 109 Å².